The Morgan fingerprint density at radius 3 is 2.57 bits per heavy atom. The molecule has 6 nitrogen and oxygen atoms in total. The van der Waals surface area contributed by atoms with Crippen molar-refractivity contribution in [1.82, 2.24) is 10.2 Å². The monoisotopic (exact) mass is 612 g/mol. The minimum atomic E-state index is -0.592. The van der Waals surface area contributed by atoms with Crippen LogP contribution in [0.2, 0.25) is 0 Å². The van der Waals surface area contributed by atoms with Crippen LogP contribution in [0.1, 0.15) is 21.5 Å². The van der Waals surface area contributed by atoms with E-state index >= 15 is 0 Å². The van der Waals surface area contributed by atoms with Gasteiger partial charge in [-0.25, -0.2) is 0 Å². The molecule has 1 heterocycles. The molecule has 0 fully saturated rings. The van der Waals surface area contributed by atoms with E-state index in [0.29, 0.717) is 17.9 Å². The quantitative estimate of drug-likeness (QED) is 0.470. The van der Waals surface area contributed by atoms with Gasteiger partial charge in [-0.15, -0.1) is 0 Å². The van der Waals surface area contributed by atoms with E-state index in [-0.39, 0.29) is 12.5 Å². The van der Waals surface area contributed by atoms with Gasteiger partial charge < -0.3 is 9.47 Å². The molecule has 2 aromatic carbocycles. The summed E-state index contributed by atoms with van der Waals surface area (Å²) in [7, 11) is 3.28. The number of amides is 1. The van der Waals surface area contributed by atoms with Crippen LogP contribution in [0.3, 0.4) is 0 Å². The maximum absolute atomic E-state index is 12.6. The molecule has 162 valence electrons. The van der Waals surface area contributed by atoms with Crippen molar-refractivity contribution in [2.75, 3.05) is 47.1 Å². The number of nitrogens with zero attached hydrogens (tertiary/aromatic N) is 1. The van der Waals surface area contributed by atoms with Gasteiger partial charge in [0, 0.05) is 0 Å². The normalized spacial score (nSPS) is 13.5. The number of fused-ring (bicyclic) bond motifs is 1. The zero-order valence-corrected chi connectivity index (χ0v) is 20.1. The predicted molar refractivity (Wildman–Crippen MR) is 108 cm³/mol. The summed E-state index contributed by atoms with van der Waals surface area (Å²) in [6.07, 6.45) is 0.921. The number of nitrogens with one attached hydrogen (secondary N) is 1. The number of halogens is 1. The van der Waals surface area contributed by atoms with Crippen LogP contribution in [-0.4, -0.2) is 57.9 Å². The number of methoxy groups -OCH3 is 2. The predicted octanol–water partition coefficient (Wildman–Crippen LogP) is 2.01. The van der Waals surface area contributed by atoms with E-state index in [1.54, 1.807) is 26.4 Å². The Morgan fingerprint density at radius 1 is 1.13 bits per heavy atom. The third-order valence-electron chi connectivity index (χ3n) is 5.03. The van der Waals surface area contributed by atoms with Crippen LogP contribution in [0, 0.1) is 24.7 Å². The number of carbonyl (C=O) groups is 1. The summed E-state index contributed by atoms with van der Waals surface area (Å²) in [6, 6.07) is 9.46. The van der Waals surface area contributed by atoms with Crippen molar-refractivity contribution >= 4 is 9.18 Å². The molecule has 0 aliphatic carbocycles. The summed E-state index contributed by atoms with van der Waals surface area (Å²) >= 11 is 1.48. The van der Waals surface area contributed by atoms with Gasteiger partial charge in [0.15, 0.2) is 5.75 Å². The summed E-state index contributed by atoms with van der Waals surface area (Å²) in [6.45, 7) is 2.30. The molecule has 0 unspecified atom stereocenters. The van der Waals surface area contributed by atoms with Gasteiger partial charge in [-0.3, -0.25) is 0 Å². The van der Waals surface area contributed by atoms with Gasteiger partial charge in [-0.2, -0.15) is 0 Å². The van der Waals surface area contributed by atoms with Gasteiger partial charge in [-0.1, -0.05) is 0 Å². The van der Waals surface area contributed by atoms with Crippen molar-refractivity contribution in [2.24, 2.45) is 0 Å². The first-order valence-corrected chi connectivity index (χ1v) is 11.2. The van der Waals surface area contributed by atoms with Gasteiger partial charge in [0.2, 0.25) is 0 Å². The number of carbonyl (C=O) groups excluding carboxylic acids is 1. The van der Waals surface area contributed by atoms with E-state index in [0.717, 1.165) is 40.8 Å². The molecule has 0 saturated heterocycles. The Bertz CT molecular complexity index is 894. The molecule has 2 aromatic rings. The SMILES string of the molecule is COc1cc2c(cc1OC)CN(CCNC(=O)c1cc([211At])ccc1OCCF)CC2. The number of hydrogen-bond donors (Lipinski definition) is 1. The van der Waals surface area contributed by atoms with Crippen molar-refractivity contribution in [3.05, 3.63) is 47.0 Å². The summed E-state index contributed by atoms with van der Waals surface area (Å²) in [5, 5.41) is 2.96. The number of rotatable bonds is 9. The fourth-order valence-electron chi connectivity index (χ4n) is 3.51. The first-order valence-electron chi connectivity index (χ1n) is 9.78. The van der Waals surface area contributed by atoms with Crippen molar-refractivity contribution in [1.29, 1.82) is 0 Å². The maximum atomic E-state index is 12.6. The Balaban J connectivity index is 1.58. The summed E-state index contributed by atoms with van der Waals surface area (Å²) < 4.78 is 29.6. The van der Waals surface area contributed by atoms with Crippen LogP contribution in [0.15, 0.2) is 30.3 Å². The van der Waals surface area contributed by atoms with Crippen molar-refractivity contribution in [3.63, 3.8) is 0 Å². The first kappa shape index (κ1) is 22.8. The third kappa shape index (κ3) is 5.61. The van der Waals surface area contributed by atoms with Crippen LogP contribution < -0.4 is 22.8 Å². The molecule has 0 aromatic heterocycles. The molecule has 1 aliphatic rings. The molecule has 1 N–H and O–H groups in total. The zero-order valence-electron chi connectivity index (χ0n) is 17.2. The first-order chi connectivity index (χ1) is 14.5. The van der Waals surface area contributed by atoms with Crippen LogP contribution in [0.4, 0.5) is 4.39 Å². The zero-order chi connectivity index (χ0) is 21.5. The van der Waals surface area contributed by atoms with E-state index in [9.17, 15) is 9.18 Å². The molecular weight excluding hydrogens is 586 g/mol. The second-order valence-corrected chi connectivity index (χ2v) is 8.63. The fraction of sp³-hybridized carbons (Fsp3) is 0.409. The van der Waals surface area contributed by atoms with Crippen molar-refractivity contribution in [3.8, 4) is 17.2 Å². The topological polar surface area (TPSA) is 60.0 Å². The molecule has 1 aliphatic heterocycles. The Kier molecular flexibility index (Phi) is 8.28. The molecule has 0 saturated carbocycles. The Morgan fingerprint density at radius 2 is 1.87 bits per heavy atom. The average molecular weight is 612 g/mol. The molecule has 30 heavy (non-hydrogen) atoms. The standard InChI is InChI=1S/C22H26AtFN2O4/c1-28-20-11-15-5-8-26(14-16(15)12-21(20)29-2)9-7-25-22(27)18-13-17(23)3-4-19(18)30-10-6-24/h3-4,11-13H,5-10,14H2,1-2H3,(H,25,27)/i23+1. The van der Waals surface area contributed by atoms with Crippen molar-refractivity contribution < 1.29 is 48.1 Å². The van der Waals surface area contributed by atoms with Crippen LogP contribution >= 0.6 is 0 Å². The van der Waals surface area contributed by atoms with Gasteiger partial charge in [0.05, 0.1) is 14.2 Å². The van der Waals surface area contributed by atoms with Gasteiger partial charge in [0.1, 0.15) is 0 Å². The molecule has 0 atom stereocenters. The van der Waals surface area contributed by atoms with E-state index in [4.69, 9.17) is 14.2 Å². The molecule has 0 bridgehead atoms. The second-order valence-electron chi connectivity index (χ2n) is 6.94. The average Bonchev–Trinajstić information content (AvgIpc) is 2.77. The van der Waals surface area contributed by atoms with Crippen LogP contribution in [-0.2, 0) is 13.0 Å². The molecule has 1 amide bonds. The number of benzene rings is 2. The summed E-state index contributed by atoms with van der Waals surface area (Å²) in [5.41, 5.74) is 2.93. The minimum absolute atomic E-state index is 0.0602. The summed E-state index contributed by atoms with van der Waals surface area (Å²) in [5.74, 6) is 1.69. The van der Waals surface area contributed by atoms with Crippen LogP contribution in [0.25, 0.3) is 0 Å². The van der Waals surface area contributed by atoms with E-state index in [1.165, 1.54) is 35.8 Å². The van der Waals surface area contributed by atoms with E-state index in [1.807, 2.05) is 18.2 Å². The molecular formula is C22H26AtFN2O4. The van der Waals surface area contributed by atoms with Gasteiger partial charge >= 0.3 is 162 Å². The molecule has 8 heteroatoms. The fourth-order valence-corrected chi connectivity index (χ4v) is 4.18. The second kappa shape index (κ2) is 10.9. The number of alkyl halides is 1. The molecule has 0 radical (unpaired) electrons. The van der Waals surface area contributed by atoms with E-state index < -0.39 is 6.67 Å². The summed E-state index contributed by atoms with van der Waals surface area (Å²) in [4.78, 5) is 14.9. The Hall–Kier alpha value is -1.92. The Labute approximate surface area is 191 Å². The third-order valence-corrected chi connectivity index (χ3v) is 5.95. The van der Waals surface area contributed by atoms with Gasteiger partial charge in [-0.05, 0) is 0 Å². The van der Waals surface area contributed by atoms with Crippen molar-refractivity contribution in [2.45, 2.75) is 13.0 Å². The molecule has 3 rings (SSSR count). The van der Waals surface area contributed by atoms with E-state index in [2.05, 4.69) is 10.2 Å². The number of ether oxygens (including phenoxy) is 3. The van der Waals surface area contributed by atoms with Crippen LogP contribution in [0.5, 0.6) is 17.2 Å². The molecule has 0 spiro atoms. The van der Waals surface area contributed by atoms with Gasteiger partial charge in [0.25, 0.3) is 0 Å². The number of hydrogen-bond acceptors (Lipinski definition) is 5.